The van der Waals surface area contributed by atoms with Crippen LogP contribution >= 0.6 is 0 Å². The number of carboxylic acids is 1. The Morgan fingerprint density at radius 1 is 1.09 bits per heavy atom. The molecule has 45 heavy (non-hydrogen) atoms. The molecule has 2 heterocycles. The number of amides is 4. The number of nitrogens with one attached hydrogen (secondary N) is 2. The van der Waals surface area contributed by atoms with Crippen LogP contribution in [0, 0.1) is 17.8 Å². The second-order valence-electron chi connectivity index (χ2n) is 12.1. The fraction of sp³-hybridized carbons (Fsp3) is 0.633. The van der Waals surface area contributed by atoms with Crippen LogP contribution in [0.3, 0.4) is 0 Å². The fourth-order valence-corrected chi connectivity index (χ4v) is 5.17. The molecule has 1 aromatic carbocycles. The predicted molar refractivity (Wildman–Crippen MR) is 158 cm³/mol. The van der Waals surface area contributed by atoms with Crippen LogP contribution in [0.25, 0.3) is 0 Å². The maximum Gasteiger partial charge on any atom is 0.335 e. The molecule has 2 aliphatic rings. The minimum Gasteiger partial charge on any atom is -0.479 e. The van der Waals surface area contributed by atoms with E-state index < -0.39 is 72.3 Å². The molecule has 8 N–H and O–H groups in total. The van der Waals surface area contributed by atoms with Crippen LogP contribution in [0.2, 0.25) is 0 Å². The largest absolute Gasteiger partial charge is 0.479 e. The van der Waals surface area contributed by atoms with Crippen molar-refractivity contribution in [1.82, 2.24) is 10.2 Å². The van der Waals surface area contributed by atoms with E-state index in [4.69, 9.17) is 15.2 Å². The van der Waals surface area contributed by atoms with Gasteiger partial charge in [-0.2, -0.15) is 0 Å². The highest BCUT2D eigenvalue weighted by Gasteiger charge is 2.48. The smallest absolute Gasteiger partial charge is 0.335 e. The van der Waals surface area contributed by atoms with E-state index in [-0.39, 0.29) is 37.6 Å². The zero-order valence-corrected chi connectivity index (χ0v) is 25.8. The van der Waals surface area contributed by atoms with Crippen LogP contribution in [0.4, 0.5) is 5.69 Å². The lowest BCUT2D eigenvalue weighted by molar-refractivity contribution is -0.271. The molecular formula is C30H44N4O11. The Kier molecular flexibility index (Phi) is 12.4. The summed E-state index contributed by atoms with van der Waals surface area (Å²) >= 11 is 0. The van der Waals surface area contributed by atoms with E-state index in [2.05, 4.69) is 10.6 Å². The monoisotopic (exact) mass is 636 g/mol. The van der Waals surface area contributed by atoms with E-state index in [0.717, 1.165) is 16.9 Å². The van der Waals surface area contributed by atoms with Crippen molar-refractivity contribution >= 4 is 35.3 Å². The SMILES string of the molecule is CC(C)CCc1ccc(OC2OC(C(=O)O)C(O)C(O)C2O)cc1NC(=O)CCNC(=O)C(CN)N1C(=O)CC(C(C)C)C1=O. The van der Waals surface area contributed by atoms with Crippen LogP contribution in [0.15, 0.2) is 18.2 Å². The number of benzene rings is 1. The number of anilines is 1. The van der Waals surface area contributed by atoms with Crippen LogP contribution in [-0.4, -0.2) is 105 Å². The number of carbonyl (C=O) groups is 5. The molecule has 2 aliphatic heterocycles. The van der Waals surface area contributed by atoms with Crippen molar-refractivity contribution in [3.05, 3.63) is 23.8 Å². The maximum atomic E-state index is 12.9. The van der Waals surface area contributed by atoms with Crippen LogP contribution in [0.1, 0.15) is 52.5 Å². The lowest BCUT2D eigenvalue weighted by Crippen LogP contribution is -2.61. The van der Waals surface area contributed by atoms with E-state index in [9.17, 15) is 44.4 Å². The number of nitrogens with zero attached hydrogens (tertiary/aromatic N) is 1. The van der Waals surface area contributed by atoms with Gasteiger partial charge >= 0.3 is 5.97 Å². The molecule has 0 spiro atoms. The third-order valence-corrected chi connectivity index (χ3v) is 7.92. The van der Waals surface area contributed by atoms with Gasteiger partial charge in [-0.25, -0.2) is 4.79 Å². The molecule has 7 unspecified atom stereocenters. The Balaban J connectivity index is 1.67. The van der Waals surface area contributed by atoms with E-state index in [1.165, 1.54) is 12.1 Å². The summed E-state index contributed by atoms with van der Waals surface area (Å²) in [6, 6.07) is 3.48. The fourth-order valence-electron chi connectivity index (χ4n) is 5.17. The first kappa shape index (κ1) is 35.8. The lowest BCUT2D eigenvalue weighted by Gasteiger charge is -2.38. The number of hydrogen-bond acceptors (Lipinski definition) is 11. The number of aryl methyl sites for hydroxylation is 1. The minimum absolute atomic E-state index is 0.0130. The van der Waals surface area contributed by atoms with Gasteiger partial charge in [-0.05, 0) is 36.3 Å². The van der Waals surface area contributed by atoms with E-state index in [1.807, 2.05) is 27.7 Å². The highest BCUT2D eigenvalue weighted by atomic mass is 16.7. The first-order valence-electron chi connectivity index (χ1n) is 15.0. The van der Waals surface area contributed by atoms with E-state index in [1.54, 1.807) is 6.07 Å². The summed E-state index contributed by atoms with van der Waals surface area (Å²) in [6.07, 6.45) is -7.73. The maximum absolute atomic E-state index is 12.9. The second kappa shape index (κ2) is 15.6. The van der Waals surface area contributed by atoms with Gasteiger partial charge in [0.15, 0.2) is 6.10 Å². The van der Waals surface area contributed by atoms with Crippen molar-refractivity contribution in [2.75, 3.05) is 18.4 Å². The topological polar surface area (TPSA) is 238 Å². The molecule has 0 saturated carbocycles. The molecule has 3 rings (SSSR count). The van der Waals surface area contributed by atoms with Crippen molar-refractivity contribution in [3.8, 4) is 5.75 Å². The van der Waals surface area contributed by atoms with Crippen molar-refractivity contribution in [3.63, 3.8) is 0 Å². The summed E-state index contributed by atoms with van der Waals surface area (Å²) in [5.74, 6) is -3.75. The molecule has 1 aromatic rings. The second-order valence-corrected chi connectivity index (χ2v) is 12.1. The first-order chi connectivity index (χ1) is 21.2. The minimum atomic E-state index is -1.88. The van der Waals surface area contributed by atoms with Crippen molar-refractivity contribution in [2.45, 2.75) is 90.1 Å². The normalized spacial score (nSPS) is 25.9. The number of likely N-dealkylation sites (tertiary alicyclic amines) is 1. The Bertz CT molecular complexity index is 1260. The number of aliphatic carboxylic acids is 1. The zero-order valence-electron chi connectivity index (χ0n) is 25.8. The highest BCUT2D eigenvalue weighted by molar-refractivity contribution is 6.07. The Morgan fingerprint density at radius 3 is 2.36 bits per heavy atom. The van der Waals surface area contributed by atoms with Gasteiger partial charge in [0.05, 0.1) is 0 Å². The molecule has 0 aromatic heterocycles. The van der Waals surface area contributed by atoms with Gasteiger partial charge in [-0.3, -0.25) is 24.1 Å². The van der Waals surface area contributed by atoms with Crippen molar-refractivity contribution in [1.29, 1.82) is 0 Å². The Hall–Kier alpha value is -3.63. The molecule has 0 radical (unpaired) electrons. The number of ether oxygens (including phenoxy) is 2. The molecule has 2 saturated heterocycles. The summed E-state index contributed by atoms with van der Waals surface area (Å²) in [5.41, 5.74) is 6.86. The number of hydrogen-bond donors (Lipinski definition) is 7. The van der Waals surface area contributed by atoms with Gasteiger partial charge in [0.25, 0.3) is 0 Å². The predicted octanol–water partition coefficient (Wildman–Crippen LogP) is -0.651. The Labute approximate surface area is 261 Å². The molecule has 0 bridgehead atoms. The van der Waals surface area contributed by atoms with Crippen LogP contribution in [0.5, 0.6) is 5.75 Å². The van der Waals surface area contributed by atoms with Crippen LogP contribution < -0.4 is 21.1 Å². The zero-order chi connectivity index (χ0) is 33.6. The van der Waals surface area contributed by atoms with Gasteiger partial charge in [-0.15, -0.1) is 0 Å². The molecule has 15 heteroatoms. The average molecular weight is 637 g/mol. The first-order valence-corrected chi connectivity index (χ1v) is 15.0. The van der Waals surface area contributed by atoms with Crippen LogP contribution in [-0.2, 0) is 35.1 Å². The molecule has 7 atom stereocenters. The van der Waals surface area contributed by atoms with Gasteiger partial charge in [0.2, 0.25) is 29.9 Å². The quantitative estimate of drug-likeness (QED) is 0.126. The summed E-state index contributed by atoms with van der Waals surface area (Å²) in [6.45, 7) is 7.35. The van der Waals surface area contributed by atoms with Gasteiger partial charge in [0, 0.05) is 43.6 Å². The third-order valence-electron chi connectivity index (χ3n) is 7.92. The number of aliphatic hydroxyl groups excluding tert-OH is 3. The van der Waals surface area contributed by atoms with Crippen molar-refractivity contribution in [2.24, 2.45) is 23.5 Å². The summed E-state index contributed by atoms with van der Waals surface area (Å²) in [7, 11) is 0. The number of nitrogens with two attached hydrogens (primary N) is 1. The van der Waals surface area contributed by atoms with Gasteiger partial charge in [-0.1, -0.05) is 33.8 Å². The number of imide groups is 1. The van der Waals surface area contributed by atoms with Crippen molar-refractivity contribution < 1.29 is 53.9 Å². The van der Waals surface area contributed by atoms with Gasteiger partial charge in [0.1, 0.15) is 30.1 Å². The average Bonchev–Trinajstić information content (AvgIpc) is 3.26. The molecule has 15 nitrogen and oxygen atoms in total. The molecule has 250 valence electrons. The molecule has 4 amide bonds. The lowest BCUT2D eigenvalue weighted by atomic mass is 9.94. The third kappa shape index (κ3) is 8.76. The Morgan fingerprint density at radius 2 is 1.78 bits per heavy atom. The molecule has 0 aliphatic carbocycles. The molecular weight excluding hydrogens is 592 g/mol. The molecule has 2 fully saturated rings. The number of carboxylic acid groups (broad SMARTS) is 1. The number of aliphatic hydroxyl groups is 3. The summed E-state index contributed by atoms with van der Waals surface area (Å²) in [4.78, 5) is 63.3. The number of carbonyl (C=O) groups excluding carboxylic acids is 4. The summed E-state index contributed by atoms with van der Waals surface area (Å²) < 4.78 is 10.8. The summed E-state index contributed by atoms with van der Waals surface area (Å²) in [5, 5.41) is 45.0. The van der Waals surface area contributed by atoms with E-state index >= 15 is 0 Å². The number of rotatable bonds is 14. The standard InChI is InChI=1S/C30H44N4O11/c1-14(2)5-6-16-7-8-17(44-30-25(39)23(37)24(38)26(45-30)29(42)43)11-19(16)33-21(35)9-10-32-27(40)20(13-31)34-22(36)12-18(15(3)4)28(34)41/h7-8,11,14-15,18,20,23-26,30,37-39H,5-6,9-10,12-13,31H2,1-4H3,(H,32,40)(H,33,35)(H,42,43). The van der Waals surface area contributed by atoms with Gasteiger partial charge < -0.3 is 46.3 Å². The van der Waals surface area contributed by atoms with E-state index in [0.29, 0.717) is 18.0 Å². The highest BCUT2D eigenvalue weighted by Crippen LogP contribution is 2.30.